The van der Waals surface area contributed by atoms with Gasteiger partial charge in [0, 0.05) is 5.39 Å². The minimum atomic E-state index is -4.80. The van der Waals surface area contributed by atoms with Crippen LogP contribution in [0.25, 0.3) is 10.8 Å². The van der Waals surface area contributed by atoms with Crippen molar-refractivity contribution in [3.8, 4) is 11.5 Å². The molecule has 0 aliphatic carbocycles. The summed E-state index contributed by atoms with van der Waals surface area (Å²) in [4.78, 5) is 25.4. The Morgan fingerprint density at radius 3 is 2.17 bits per heavy atom. The zero-order chi connectivity index (χ0) is 28.7. The summed E-state index contributed by atoms with van der Waals surface area (Å²) in [5.74, 6) is -2.12. The Kier molecular flexibility index (Phi) is 8.90. The van der Waals surface area contributed by atoms with E-state index in [0.717, 1.165) is 23.1 Å². The molecule has 0 fully saturated rings. The van der Waals surface area contributed by atoms with Crippen molar-refractivity contribution in [2.24, 2.45) is 0 Å². The standard InChI is InChI=1S/C30H26F3NO6/c1-19(38-17-20-7-3-2-4-8-20)26(29(36)37)34-28(35)25-16-13-22-9-5-6-10-24(22)27(25)39-18-21-11-14-23(15-12-21)40-30(31,32)33/h2-16,19,26H,17-18H2,1H3,(H,34,35)(H,36,37)/t19-,26-/m0/s1. The molecule has 0 aliphatic heterocycles. The number of amides is 1. The minimum Gasteiger partial charge on any atom is -0.487 e. The highest BCUT2D eigenvalue weighted by atomic mass is 19.4. The molecule has 40 heavy (non-hydrogen) atoms. The zero-order valence-corrected chi connectivity index (χ0v) is 21.4. The summed E-state index contributed by atoms with van der Waals surface area (Å²) in [5.41, 5.74) is 1.48. The first-order valence-electron chi connectivity index (χ1n) is 12.3. The molecular formula is C30H26F3NO6. The number of carbonyl (C=O) groups excluding carboxylic acids is 1. The highest BCUT2D eigenvalue weighted by molar-refractivity contribution is 6.04. The number of fused-ring (bicyclic) bond motifs is 1. The van der Waals surface area contributed by atoms with E-state index in [1.807, 2.05) is 42.5 Å². The summed E-state index contributed by atoms with van der Waals surface area (Å²) in [6, 6.07) is 23.4. The smallest absolute Gasteiger partial charge is 0.487 e. The lowest BCUT2D eigenvalue weighted by atomic mass is 10.0. The number of hydrogen-bond acceptors (Lipinski definition) is 5. The molecule has 0 bridgehead atoms. The summed E-state index contributed by atoms with van der Waals surface area (Å²) in [5, 5.41) is 13.7. The molecule has 1 amide bonds. The summed E-state index contributed by atoms with van der Waals surface area (Å²) in [6.07, 6.45) is -5.66. The lowest BCUT2D eigenvalue weighted by Gasteiger charge is -2.23. The lowest BCUT2D eigenvalue weighted by Crippen LogP contribution is -2.48. The molecule has 4 rings (SSSR count). The number of ether oxygens (including phenoxy) is 3. The monoisotopic (exact) mass is 553 g/mol. The normalized spacial score (nSPS) is 12.9. The van der Waals surface area contributed by atoms with E-state index in [-0.39, 0.29) is 30.3 Å². The average Bonchev–Trinajstić information content (AvgIpc) is 2.93. The number of benzene rings is 4. The van der Waals surface area contributed by atoms with Gasteiger partial charge < -0.3 is 24.6 Å². The van der Waals surface area contributed by atoms with Gasteiger partial charge in [-0.2, -0.15) is 0 Å². The van der Waals surface area contributed by atoms with Crippen LogP contribution in [0.1, 0.15) is 28.4 Å². The van der Waals surface area contributed by atoms with Gasteiger partial charge in [-0.25, -0.2) is 4.79 Å². The van der Waals surface area contributed by atoms with E-state index < -0.39 is 30.4 Å². The van der Waals surface area contributed by atoms with Gasteiger partial charge in [0.05, 0.1) is 18.3 Å². The number of aliphatic carboxylic acids is 1. The number of carboxylic acid groups (broad SMARTS) is 1. The molecule has 0 spiro atoms. The number of carbonyl (C=O) groups is 2. The van der Waals surface area contributed by atoms with Crippen LogP contribution in [0.15, 0.2) is 91.0 Å². The molecule has 0 saturated heterocycles. The highest BCUT2D eigenvalue weighted by Gasteiger charge is 2.31. The highest BCUT2D eigenvalue weighted by Crippen LogP contribution is 2.31. The van der Waals surface area contributed by atoms with Crippen molar-refractivity contribution in [3.05, 3.63) is 108 Å². The Morgan fingerprint density at radius 2 is 1.50 bits per heavy atom. The van der Waals surface area contributed by atoms with Crippen LogP contribution in [-0.2, 0) is 22.7 Å². The van der Waals surface area contributed by atoms with Crippen LogP contribution in [0.5, 0.6) is 11.5 Å². The summed E-state index contributed by atoms with van der Waals surface area (Å²) < 4.78 is 53.0. The molecule has 2 N–H and O–H groups in total. The number of halogens is 3. The number of alkyl halides is 3. The molecule has 0 saturated carbocycles. The molecule has 4 aromatic carbocycles. The van der Waals surface area contributed by atoms with Crippen LogP contribution in [0.3, 0.4) is 0 Å². The maximum Gasteiger partial charge on any atom is 0.573 e. The second-order valence-corrected chi connectivity index (χ2v) is 8.93. The molecule has 0 aliphatic rings. The molecule has 0 aromatic heterocycles. The van der Waals surface area contributed by atoms with Crippen molar-refractivity contribution in [2.75, 3.05) is 0 Å². The first-order chi connectivity index (χ1) is 19.1. The topological polar surface area (TPSA) is 94.1 Å². The van der Waals surface area contributed by atoms with Crippen molar-refractivity contribution < 1.29 is 42.1 Å². The van der Waals surface area contributed by atoms with Gasteiger partial charge in [0.1, 0.15) is 18.1 Å². The zero-order valence-electron chi connectivity index (χ0n) is 21.4. The fourth-order valence-corrected chi connectivity index (χ4v) is 4.02. The van der Waals surface area contributed by atoms with Crippen LogP contribution in [0.4, 0.5) is 13.2 Å². The second kappa shape index (κ2) is 12.5. The van der Waals surface area contributed by atoms with E-state index in [1.165, 1.54) is 18.2 Å². The average molecular weight is 554 g/mol. The molecule has 0 radical (unpaired) electrons. The number of carboxylic acids is 1. The lowest BCUT2D eigenvalue weighted by molar-refractivity contribution is -0.274. The van der Waals surface area contributed by atoms with Crippen molar-refractivity contribution in [3.63, 3.8) is 0 Å². The Morgan fingerprint density at radius 1 is 0.850 bits per heavy atom. The summed E-state index contributed by atoms with van der Waals surface area (Å²) in [6.45, 7) is 1.66. The molecule has 0 unspecified atom stereocenters. The third-order valence-corrected chi connectivity index (χ3v) is 6.04. The molecule has 2 atom stereocenters. The van der Waals surface area contributed by atoms with Crippen LogP contribution < -0.4 is 14.8 Å². The summed E-state index contributed by atoms with van der Waals surface area (Å²) in [7, 11) is 0. The van der Waals surface area contributed by atoms with Gasteiger partial charge in [-0.15, -0.1) is 13.2 Å². The first-order valence-corrected chi connectivity index (χ1v) is 12.3. The predicted octanol–water partition coefficient (Wildman–Crippen LogP) is 6.11. The largest absolute Gasteiger partial charge is 0.573 e. The van der Waals surface area contributed by atoms with Gasteiger partial charge in [0.25, 0.3) is 5.91 Å². The van der Waals surface area contributed by atoms with Gasteiger partial charge in [0.2, 0.25) is 0 Å². The Hall–Kier alpha value is -4.57. The Labute approximate surface area is 228 Å². The third kappa shape index (κ3) is 7.51. The van der Waals surface area contributed by atoms with Crippen molar-refractivity contribution in [1.29, 1.82) is 0 Å². The third-order valence-electron chi connectivity index (χ3n) is 6.04. The Balaban J connectivity index is 1.53. The second-order valence-electron chi connectivity index (χ2n) is 8.93. The van der Waals surface area contributed by atoms with Crippen LogP contribution in [-0.4, -0.2) is 35.5 Å². The number of nitrogens with one attached hydrogen (secondary N) is 1. The van der Waals surface area contributed by atoms with E-state index in [0.29, 0.717) is 10.9 Å². The van der Waals surface area contributed by atoms with Crippen LogP contribution in [0.2, 0.25) is 0 Å². The van der Waals surface area contributed by atoms with E-state index in [1.54, 1.807) is 25.1 Å². The summed E-state index contributed by atoms with van der Waals surface area (Å²) >= 11 is 0. The quantitative estimate of drug-likeness (QED) is 0.233. The number of rotatable bonds is 11. The molecule has 4 aromatic rings. The van der Waals surface area contributed by atoms with E-state index >= 15 is 0 Å². The minimum absolute atomic E-state index is 0.0699. The SMILES string of the molecule is C[C@H](OCc1ccccc1)[C@H](NC(=O)c1ccc2ccccc2c1OCc1ccc(OC(F)(F)F)cc1)C(=O)O. The fourth-order valence-electron chi connectivity index (χ4n) is 4.02. The van der Waals surface area contributed by atoms with Crippen molar-refractivity contribution >= 4 is 22.6 Å². The fraction of sp³-hybridized carbons (Fsp3) is 0.200. The van der Waals surface area contributed by atoms with Gasteiger partial charge in [0.15, 0.2) is 6.04 Å². The van der Waals surface area contributed by atoms with Gasteiger partial charge >= 0.3 is 12.3 Å². The van der Waals surface area contributed by atoms with Crippen molar-refractivity contribution in [2.45, 2.75) is 38.6 Å². The molecule has 7 nitrogen and oxygen atoms in total. The van der Waals surface area contributed by atoms with Gasteiger partial charge in [-0.1, -0.05) is 72.8 Å². The van der Waals surface area contributed by atoms with Crippen LogP contribution in [0, 0.1) is 0 Å². The van der Waals surface area contributed by atoms with Crippen molar-refractivity contribution in [1.82, 2.24) is 5.32 Å². The van der Waals surface area contributed by atoms with E-state index in [2.05, 4.69) is 10.1 Å². The van der Waals surface area contributed by atoms with Gasteiger partial charge in [-0.3, -0.25) is 4.79 Å². The molecule has 10 heteroatoms. The predicted molar refractivity (Wildman–Crippen MR) is 141 cm³/mol. The number of hydrogen-bond donors (Lipinski definition) is 2. The maximum absolute atomic E-state index is 13.4. The first kappa shape index (κ1) is 28.4. The van der Waals surface area contributed by atoms with Gasteiger partial charge in [-0.05, 0) is 41.6 Å². The molecule has 208 valence electrons. The molecule has 0 heterocycles. The van der Waals surface area contributed by atoms with Crippen LogP contribution >= 0.6 is 0 Å². The maximum atomic E-state index is 13.4. The Bertz CT molecular complexity index is 1460. The molecular weight excluding hydrogens is 527 g/mol. The van der Waals surface area contributed by atoms with E-state index in [4.69, 9.17) is 9.47 Å². The van der Waals surface area contributed by atoms with E-state index in [9.17, 15) is 27.9 Å².